The number of nitrogens with zero attached hydrogens (tertiary/aromatic N) is 1. The lowest BCUT2D eigenvalue weighted by Gasteiger charge is -2.34. The largest absolute Gasteiger partial charge is 0.310 e. The summed E-state index contributed by atoms with van der Waals surface area (Å²) in [6, 6.07) is 69.3. The molecule has 0 heterocycles. The molecule has 1 aliphatic carbocycles. The minimum atomic E-state index is -0.419. The van der Waals surface area contributed by atoms with E-state index in [2.05, 4.69) is 193 Å². The Labute approximate surface area is 280 Å². The maximum absolute atomic E-state index is 2.42. The Hall–Kier alpha value is -6.18. The molecule has 0 unspecified atom stereocenters. The van der Waals surface area contributed by atoms with E-state index in [1.807, 2.05) is 0 Å². The Bertz CT molecular complexity index is 2540. The van der Waals surface area contributed by atoms with Gasteiger partial charge in [-0.25, -0.2) is 0 Å². The number of hydrogen-bond donors (Lipinski definition) is 0. The third-order valence-electron chi connectivity index (χ3n) is 10.5. The molecular formula is C47H31N. The van der Waals surface area contributed by atoms with E-state index in [4.69, 9.17) is 0 Å². The normalized spacial score (nSPS) is 13.2. The van der Waals surface area contributed by atoms with Crippen LogP contribution in [0.1, 0.15) is 22.3 Å². The Morgan fingerprint density at radius 1 is 0.333 bits per heavy atom. The third kappa shape index (κ3) is 3.73. The first-order chi connectivity index (χ1) is 23.8. The van der Waals surface area contributed by atoms with Crippen LogP contribution in [0.5, 0.6) is 0 Å². The zero-order valence-electron chi connectivity index (χ0n) is 26.3. The predicted molar refractivity (Wildman–Crippen MR) is 202 cm³/mol. The standard InChI is InChI=1S/C47H31N/c1-3-14-35(15-4-1)47(42-20-9-7-18-39(42)40-19-8-10-21-43(40)47)36-26-28-38(29-27-36)48(37-16-5-2-6-17-37)44-31-25-34-23-22-32-12-11-13-33-24-30-41(44)46(34)45(32)33/h1-31H. The molecule has 1 nitrogen and oxygen atoms in total. The highest BCUT2D eigenvalue weighted by Gasteiger charge is 2.45. The van der Waals surface area contributed by atoms with Crippen LogP contribution in [-0.4, -0.2) is 0 Å². The lowest BCUT2D eigenvalue weighted by atomic mass is 9.68. The number of benzene rings is 9. The Morgan fingerprint density at radius 3 is 1.50 bits per heavy atom. The van der Waals surface area contributed by atoms with Gasteiger partial charge in [0, 0.05) is 16.8 Å². The fraction of sp³-hybridized carbons (Fsp3) is 0.0213. The van der Waals surface area contributed by atoms with Crippen LogP contribution in [0.15, 0.2) is 188 Å². The number of para-hydroxylation sites is 1. The van der Waals surface area contributed by atoms with Crippen molar-refractivity contribution >= 4 is 49.4 Å². The van der Waals surface area contributed by atoms with E-state index in [0.29, 0.717) is 0 Å². The summed E-state index contributed by atoms with van der Waals surface area (Å²) in [6.07, 6.45) is 0. The van der Waals surface area contributed by atoms with Crippen LogP contribution in [0.3, 0.4) is 0 Å². The second-order valence-corrected chi connectivity index (χ2v) is 12.9. The molecule has 0 N–H and O–H groups in total. The van der Waals surface area contributed by atoms with E-state index >= 15 is 0 Å². The van der Waals surface area contributed by atoms with Crippen molar-refractivity contribution in [2.24, 2.45) is 0 Å². The first-order valence-corrected chi connectivity index (χ1v) is 16.7. The molecular weight excluding hydrogens is 579 g/mol. The summed E-state index contributed by atoms with van der Waals surface area (Å²) >= 11 is 0. The summed E-state index contributed by atoms with van der Waals surface area (Å²) in [4.78, 5) is 2.42. The van der Waals surface area contributed by atoms with E-state index < -0.39 is 5.41 Å². The molecule has 1 aliphatic rings. The Morgan fingerprint density at radius 2 is 0.833 bits per heavy atom. The van der Waals surface area contributed by atoms with Crippen LogP contribution >= 0.6 is 0 Å². The summed E-state index contributed by atoms with van der Waals surface area (Å²) in [5.41, 5.74) is 10.8. The number of anilines is 3. The monoisotopic (exact) mass is 609 g/mol. The molecule has 10 rings (SSSR count). The molecule has 0 saturated heterocycles. The maximum Gasteiger partial charge on any atom is 0.0713 e. The second kappa shape index (κ2) is 10.4. The van der Waals surface area contributed by atoms with Crippen molar-refractivity contribution in [3.63, 3.8) is 0 Å². The molecule has 0 aromatic heterocycles. The Kier molecular flexibility index (Phi) is 5.86. The van der Waals surface area contributed by atoms with Gasteiger partial charge in [-0.1, -0.05) is 158 Å². The summed E-state index contributed by atoms with van der Waals surface area (Å²) in [5, 5.41) is 7.74. The summed E-state index contributed by atoms with van der Waals surface area (Å²) in [7, 11) is 0. The SMILES string of the molecule is c1ccc(N(c2ccc(C3(c4ccccc4)c4ccccc4-c4ccccc43)cc2)c2ccc3ccc4cccc5ccc2c3c45)cc1. The predicted octanol–water partition coefficient (Wildman–Crippen LogP) is 12.4. The van der Waals surface area contributed by atoms with Gasteiger partial charge in [0.2, 0.25) is 0 Å². The zero-order valence-corrected chi connectivity index (χ0v) is 26.3. The molecule has 0 radical (unpaired) electrons. The van der Waals surface area contributed by atoms with Crippen LogP contribution in [0.2, 0.25) is 0 Å². The van der Waals surface area contributed by atoms with Crippen molar-refractivity contribution in [1.29, 1.82) is 0 Å². The Balaban J connectivity index is 1.21. The van der Waals surface area contributed by atoms with Crippen molar-refractivity contribution in [2.75, 3.05) is 4.90 Å². The number of hydrogen-bond acceptors (Lipinski definition) is 1. The first-order valence-electron chi connectivity index (χ1n) is 16.7. The van der Waals surface area contributed by atoms with E-state index in [9.17, 15) is 0 Å². The van der Waals surface area contributed by atoms with Gasteiger partial charge in [0.25, 0.3) is 0 Å². The van der Waals surface area contributed by atoms with Gasteiger partial charge in [0.15, 0.2) is 0 Å². The van der Waals surface area contributed by atoms with Crippen molar-refractivity contribution in [2.45, 2.75) is 5.41 Å². The van der Waals surface area contributed by atoms with Gasteiger partial charge in [0.05, 0.1) is 11.1 Å². The molecule has 0 spiro atoms. The van der Waals surface area contributed by atoms with E-state index in [0.717, 1.165) is 11.4 Å². The van der Waals surface area contributed by atoms with Crippen LogP contribution < -0.4 is 4.90 Å². The van der Waals surface area contributed by atoms with E-state index in [-0.39, 0.29) is 0 Å². The quantitative estimate of drug-likeness (QED) is 0.176. The van der Waals surface area contributed by atoms with Gasteiger partial charge in [-0.2, -0.15) is 0 Å². The fourth-order valence-electron chi connectivity index (χ4n) is 8.49. The van der Waals surface area contributed by atoms with Gasteiger partial charge in [-0.3, -0.25) is 0 Å². The molecule has 0 saturated carbocycles. The van der Waals surface area contributed by atoms with Crippen LogP contribution in [0, 0.1) is 0 Å². The second-order valence-electron chi connectivity index (χ2n) is 12.9. The molecule has 0 atom stereocenters. The van der Waals surface area contributed by atoms with Crippen molar-refractivity contribution in [1.82, 2.24) is 0 Å². The fourth-order valence-corrected chi connectivity index (χ4v) is 8.49. The average Bonchev–Trinajstić information content (AvgIpc) is 3.47. The van der Waals surface area contributed by atoms with Crippen molar-refractivity contribution in [3.05, 3.63) is 210 Å². The summed E-state index contributed by atoms with van der Waals surface area (Å²) in [5.74, 6) is 0. The van der Waals surface area contributed by atoms with Gasteiger partial charge in [-0.05, 0) is 90.6 Å². The molecule has 224 valence electrons. The van der Waals surface area contributed by atoms with Gasteiger partial charge in [0.1, 0.15) is 0 Å². The molecule has 0 fully saturated rings. The first kappa shape index (κ1) is 27.0. The molecule has 0 amide bonds. The molecule has 1 heteroatoms. The van der Waals surface area contributed by atoms with Gasteiger partial charge >= 0.3 is 0 Å². The molecule has 48 heavy (non-hydrogen) atoms. The van der Waals surface area contributed by atoms with Crippen molar-refractivity contribution in [3.8, 4) is 11.1 Å². The van der Waals surface area contributed by atoms with Gasteiger partial charge in [-0.15, -0.1) is 0 Å². The highest BCUT2D eigenvalue weighted by molar-refractivity contribution is 6.25. The van der Waals surface area contributed by atoms with Gasteiger partial charge < -0.3 is 4.90 Å². The molecule has 9 aromatic rings. The topological polar surface area (TPSA) is 3.24 Å². The smallest absolute Gasteiger partial charge is 0.0713 e. The lowest BCUT2D eigenvalue weighted by molar-refractivity contribution is 0.768. The van der Waals surface area contributed by atoms with Crippen LogP contribution in [0.25, 0.3) is 43.4 Å². The van der Waals surface area contributed by atoms with E-state index in [1.54, 1.807) is 0 Å². The lowest BCUT2D eigenvalue weighted by Crippen LogP contribution is -2.28. The summed E-state index contributed by atoms with van der Waals surface area (Å²) in [6.45, 7) is 0. The minimum absolute atomic E-state index is 0.419. The average molecular weight is 610 g/mol. The third-order valence-corrected chi connectivity index (χ3v) is 10.5. The van der Waals surface area contributed by atoms with E-state index in [1.165, 1.54) is 71.4 Å². The highest BCUT2D eigenvalue weighted by Crippen LogP contribution is 2.56. The van der Waals surface area contributed by atoms with Crippen LogP contribution in [0.4, 0.5) is 17.1 Å². The van der Waals surface area contributed by atoms with Crippen molar-refractivity contribution < 1.29 is 0 Å². The minimum Gasteiger partial charge on any atom is -0.310 e. The highest BCUT2D eigenvalue weighted by atomic mass is 15.1. The summed E-state index contributed by atoms with van der Waals surface area (Å²) < 4.78 is 0. The number of fused-ring (bicyclic) bond motifs is 3. The zero-order chi connectivity index (χ0) is 31.7. The molecule has 0 bridgehead atoms. The number of rotatable bonds is 5. The molecule has 9 aromatic carbocycles. The maximum atomic E-state index is 2.42. The van der Waals surface area contributed by atoms with Crippen LogP contribution in [-0.2, 0) is 5.41 Å². The molecule has 0 aliphatic heterocycles.